The summed E-state index contributed by atoms with van der Waals surface area (Å²) in [5.74, 6) is 0. The molecule has 0 aliphatic heterocycles. The Morgan fingerprint density at radius 3 is 2.00 bits per heavy atom. The molecule has 0 saturated carbocycles. The Labute approximate surface area is 139 Å². The van der Waals surface area contributed by atoms with Gasteiger partial charge in [0.15, 0.2) is 0 Å². The van der Waals surface area contributed by atoms with Gasteiger partial charge in [0.05, 0.1) is 0 Å². The predicted octanol–water partition coefficient (Wildman–Crippen LogP) is 6.59. The maximum Gasteiger partial charge on any atom is -0.0102 e. The molecule has 23 heavy (non-hydrogen) atoms. The van der Waals surface area contributed by atoms with Gasteiger partial charge in [0.1, 0.15) is 0 Å². The molecule has 0 fully saturated rings. The lowest BCUT2D eigenvalue weighted by molar-refractivity contribution is 0.922. The van der Waals surface area contributed by atoms with Crippen LogP contribution >= 0.6 is 0 Å². The molecule has 0 heterocycles. The average molecular weight is 300 g/mol. The van der Waals surface area contributed by atoms with Gasteiger partial charge in [0.25, 0.3) is 0 Å². The lowest BCUT2D eigenvalue weighted by Gasteiger charge is -2.16. The molecule has 0 aromatic heterocycles. The monoisotopic (exact) mass is 300 g/mol. The van der Waals surface area contributed by atoms with E-state index < -0.39 is 0 Å². The van der Waals surface area contributed by atoms with Crippen molar-refractivity contribution in [2.24, 2.45) is 0 Å². The first-order chi connectivity index (χ1) is 11.2. The summed E-state index contributed by atoms with van der Waals surface area (Å²) in [6.45, 7) is 6.59. The van der Waals surface area contributed by atoms with Gasteiger partial charge < -0.3 is 0 Å². The summed E-state index contributed by atoms with van der Waals surface area (Å²) in [6.07, 6.45) is 2.29. The van der Waals surface area contributed by atoms with Gasteiger partial charge in [-0.05, 0) is 48.1 Å². The van der Waals surface area contributed by atoms with Crippen molar-refractivity contribution in [3.8, 4) is 22.3 Å². The largest absolute Gasteiger partial charge is 0.0651 e. The molecule has 0 nitrogen and oxygen atoms in total. The number of benzene rings is 3. The number of hydrogen-bond acceptors (Lipinski definition) is 0. The molecule has 0 heteroatoms. The first kappa shape index (κ1) is 15.6. The fourth-order valence-corrected chi connectivity index (χ4v) is 3.21. The third kappa shape index (κ3) is 3.37. The van der Waals surface area contributed by atoms with Crippen molar-refractivity contribution < 1.29 is 0 Å². The minimum Gasteiger partial charge on any atom is -0.0651 e. The van der Waals surface area contributed by atoms with Crippen molar-refractivity contribution in [1.29, 1.82) is 0 Å². The molecule has 0 radical (unpaired) electrons. The maximum absolute atomic E-state index is 2.34. The third-order valence-corrected chi connectivity index (χ3v) is 4.33. The van der Waals surface area contributed by atoms with Gasteiger partial charge >= 0.3 is 0 Å². The fraction of sp³-hybridized carbons (Fsp3) is 0.217. The quantitative estimate of drug-likeness (QED) is 0.510. The Bertz CT molecular complexity index is 798. The Morgan fingerprint density at radius 1 is 0.652 bits per heavy atom. The zero-order chi connectivity index (χ0) is 16.2. The Hall–Kier alpha value is -2.34. The standard InChI is InChI=1S/C23H24/c1-4-8-20-15-17(2)11-13-21(20)22-14-12-18(3)16-23(22)19-9-6-5-7-10-19/h5-7,9-16H,4,8H2,1-3H3. The maximum atomic E-state index is 2.34. The van der Waals surface area contributed by atoms with Gasteiger partial charge in [-0.1, -0.05) is 91.2 Å². The lowest BCUT2D eigenvalue weighted by Crippen LogP contribution is -1.93. The second-order valence-electron chi connectivity index (χ2n) is 6.33. The van der Waals surface area contributed by atoms with Crippen LogP contribution in [0.4, 0.5) is 0 Å². The second-order valence-corrected chi connectivity index (χ2v) is 6.33. The van der Waals surface area contributed by atoms with Crippen LogP contribution in [0.2, 0.25) is 0 Å². The normalized spacial score (nSPS) is 10.7. The van der Waals surface area contributed by atoms with Crippen molar-refractivity contribution in [3.05, 3.63) is 83.4 Å². The number of hydrogen-bond donors (Lipinski definition) is 0. The van der Waals surface area contributed by atoms with E-state index in [2.05, 4.69) is 87.5 Å². The van der Waals surface area contributed by atoms with Gasteiger partial charge in [-0.25, -0.2) is 0 Å². The summed E-state index contributed by atoms with van der Waals surface area (Å²) in [6, 6.07) is 24.4. The molecule has 0 saturated heterocycles. The van der Waals surface area contributed by atoms with E-state index in [9.17, 15) is 0 Å². The smallest absolute Gasteiger partial charge is 0.0102 e. The molecule has 0 bridgehead atoms. The predicted molar refractivity (Wildman–Crippen MR) is 101 cm³/mol. The van der Waals surface area contributed by atoms with Gasteiger partial charge in [0.2, 0.25) is 0 Å². The molecule has 116 valence electrons. The molecule has 3 aromatic carbocycles. The molecular formula is C23H24. The molecule has 3 rings (SSSR count). The van der Waals surface area contributed by atoms with Crippen molar-refractivity contribution in [2.45, 2.75) is 33.6 Å². The van der Waals surface area contributed by atoms with E-state index in [0.717, 1.165) is 6.42 Å². The highest BCUT2D eigenvalue weighted by Gasteiger charge is 2.11. The van der Waals surface area contributed by atoms with Crippen molar-refractivity contribution in [3.63, 3.8) is 0 Å². The van der Waals surface area contributed by atoms with E-state index in [1.165, 1.54) is 45.4 Å². The summed E-state index contributed by atoms with van der Waals surface area (Å²) in [7, 11) is 0. The van der Waals surface area contributed by atoms with Crippen molar-refractivity contribution in [1.82, 2.24) is 0 Å². The molecule has 0 N–H and O–H groups in total. The number of rotatable bonds is 4. The molecule has 0 atom stereocenters. The fourth-order valence-electron chi connectivity index (χ4n) is 3.21. The molecule has 0 aliphatic rings. The van der Waals surface area contributed by atoms with Gasteiger partial charge in [-0.3, -0.25) is 0 Å². The SMILES string of the molecule is CCCc1cc(C)ccc1-c1ccc(C)cc1-c1ccccc1. The summed E-state index contributed by atoms with van der Waals surface area (Å²) in [4.78, 5) is 0. The first-order valence-electron chi connectivity index (χ1n) is 8.45. The van der Waals surface area contributed by atoms with Crippen LogP contribution in [0.3, 0.4) is 0 Å². The van der Waals surface area contributed by atoms with E-state index >= 15 is 0 Å². The van der Waals surface area contributed by atoms with Crippen molar-refractivity contribution >= 4 is 0 Å². The van der Waals surface area contributed by atoms with Gasteiger partial charge in [-0.2, -0.15) is 0 Å². The molecular weight excluding hydrogens is 276 g/mol. The Kier molecular flexibility index (Phi) is 4.62. The lowest BCUT2D eigenvalue weighted by atomic mass is 9.89. The minimum absolute atomic E-state index is 1.12. The first-order valence-corrected chi connectivity index (χ1v) is 8.45. The van der Waals surface area contributed by atoms with E-state index in [1.807, 2.05) is 0 Å². The summed E-state index contributed by atoms with van der Waals surface area (Å²) in [5, 5.41) is 0. The molecule has 0 spiro atoms. The highest BCUT2D eigenvalue weighted by atomic mass is 14.2. The molecule has 0 amide bonds. The molecule has 0 unspecified atom stereocenters. The Morgan fingerprint density at radius 2 is 1.30 bits per heavy atom. The highest BCUT2D eigenvalue weighted by molar-refractivity contribution is 5.85. The highest BCUT2D eigenvalue weighted by Crippen LogP contribution is 2.35. The molecule has 0 aliphatic carbocycles. The van der Waals surface area contributed by atoms with Crippen LogP contribution < -0.4 is 0 Å². The topological polar surface area (TPSA) is 0 Å². The van der Waals surface area contributed by atoms with Crippen LogP contribution in [0.15, 0.2) is 66.7 Å². The summed E-state index contributed by atoms with van der Waals surface area (Å²) in [5.41, 5.74) is 9.42. The average Bonchev–Trinajstić information content (AvgIpc) is 2.57. The van der Waals surface area contributed by atoms with Crippen molar-refractivity contribution in [2.75, 3.05) is 0 Å². The zero-order valence-electron chi connectivity index (χ0n) is 14.3. The Balaban J connectivity index is 2.21. The zero-order valence-corrected chi connectivity index (χ0v) is 14.3. The van der Waals surface area contributed by atoms with E-state index in [-0.39, 0.29) is 0 Å². The second kappa shape index (κ2) is 6.83. The van der Waals surface area contributed by atoms with E-state index in [0.29, 0.717) is 0 Å². The van der Waals surface area contributed by atoms with E-state index in [4.69, 9.17) is 0 Å². The van der Waals surface area contributed by atoms with Crippen LogP contribution in [0.1, 0.15) is 30.0 Å². The third-order valence-electron chi connectivity index (χ3n) is 4.33. The number of aryl methyl sites for hydroxylation is 3. The van der Waals surface area contributed by atoms with Crippen LogP contribution in [-0.4, -0.2) is 0 Å². The van der Waals surface area contributed by atoms with Gasteiger partial charge in [-0.15, -0.1) is 0 Å². The van der Waals surface area contributed by atoms with Gasteiger partial charge in [0, 0.05) is 0 Å². The van der Waals surface area contributed by atoms with Crippen LogP contribution in [0, 0.1) is 13.8 Å². The van der Waals surface area contributed by atoms with E-state index in [1.54, 1.807) is 0 Å². The summed E-state index contributed by atoms with van der Waals surface area (Å²) >= 11 is 0. The minimum atomic E-state index is 1.12. The van der Waals surface area contributed by atoms with Crippen LogP contribution in [0.5, 0.6) is 0 Å². The summed E-state index contributed by atoms with van der Waals surface area (Å²) < 4.78 is 0. The van der Waals surface area contributed by atoms with Crippen LogP contribution in [-0.2, 0) is 6.42 Å². The van der Waals surface area contributed by atoms with Crippen LogP contribution in [0.25, 0.3) is 22.3 Å². The molecule has 3 aromatic rings.